The summed E-state index contributed by atoms with van der Waals surface area (Å²) in [6.07, 6.45) is 1.06. The summed E-state index contributed by atoms with van der Waals surface area (Å²) in [7, 11) is 0. The number of piperazine rings is 1. The fourth-order valence-electron chi connectivity index (χ4n) is 2.98. The number of aryl methyl sites for hydroxylation is 1. The van der Waals surface area contributed by atoms with E-state index < -0.39 is 0 Å². The van der Waals surface area contributed by atoms with Crippen molar-refractivity contribution in [2.24, 2.45) is 0 Å². The summed E-state index contributed by atoms with van der Waals surface area (Å²) < 4.78 is 18.3. The van der Waals surface area contributed by atoms with E-state index in [1.165, 1.54) is 12.1 Å². The number of hydrogen-bond acceptors (Lipinski definition) is 5. The van der Waals surface area contributed by atoms with Crippen LogP contribution in [-0.4, -0.2) is 52.0 Å². The fourth-order valence-corrected chi connectivity index (χ4v) is 2.98. The standard InChI is InChI=1S/C18H23FN4O2/c1-3-16-20-18(25-21-16)13(2)22-8-10-23(11-9-22)17(24)12-14-4-6-15(19)7-5-14/h4-7,13H,3,8-12H2,1-2H3. The second-order valence-electron chi connectivity index (χ2n) is 6.30. The summed E-state index contributed by atoms with van der Waals surface area (Å²) in [5, 5.41) is 3.94. The molecule has 2 aromatic rings. The number of rotatable bonds is 5. The highest BCUT2D eigenvalue weighted by Gasteiger charge is 2.27. The molecule has 0 aliphatic carbocycles. The Morgan fingerprint density at radius 3 is 2.52 bits per heavy atom. The molecule has 1 atom stereocenters. The van der Waals surface area contributed by atoms with Gasteiger partial charge in [0.2, 0.25) is 11.8 Å². The number of carbonyl (C=O) groups is 1. The molecule has 0 N–H and O–H groups in total. The van der Waals surface area contributed by atoms with Gasteiger partial charge in [-0.1, -0.05) is 24.2 Å². The zero-order chi connectivity index (χ0) is 17.8. The van der Waals surface area contributed by atoms with Crippen molar-refractivity contribution in [1.82, 2.24) is 19.9 Å². The normalized spacial score (nSPS) is 16.8. The highest BCUT2D eigenvalue weighted by molar-refractivity contribution is 5.78. The Labute approximate surface area is 146 Å². The van der Waals surface area contributed by atoms with Gasteiger partial charge in [-0.25, -0.2) is 4.39 Å². The van der Waals surface area contributed by atoms with Crippen LogP contribution in [0.15, 0.2) is 28.8 Å². The quantitative estimate of drug-likeness (QED) is 0.831. The number of benzene rings is 1. The van der Waals surface area contributed by atoms with Gasteiger partial charge in [-0.2, -0.15) is 4.98 Å². The van der Waals surface area contributed by atoms with E-state index >= 15 is 0 Å². The van der Waals surface area contributed by atoms with Crippen molar-refractivity contribution >= 4 is 5.91 Å². The third-order valence-electron chi connectivity index (χ3n) is 4.64. The molecule has 1 aliphatic rings. The lowest BCUT2D eigenvalue weighted by molar-refractivity contribution is -0.132. The van der Waals surface area contributed by atoms with Gasteiger partial charge >= 0.3 is 0 Å². The minimum Gasteiger partial charge on any atom is -0.340 e. The second kappa shape index (κ2) is 7.74. The van der Waals surface area contributed by atoms with Crippen LogP contribution in [0.3, 0.4) is 0 Å². The molecule has 25 heavy (non-hydrogen) atoms. The van der Waals surface area contributed by atoms with Gasteiger partial charge in [0.25, 0.3) is 0 Å². The third-order valence-corrected chi connectivity index (χ3v) is 4.64. The van der Waals surface area contributed by atoms with Crippen molar-refractivity contribution in [3.63, 3.8) is 0 Å². The van der Waals surface area contributed by atoms with E-state index in [-0.39, 0.29) is 17.8 Å². The molecule has 2 heterocycles. The van der Waals surface area contributed by atoms with Crippen molar-refractivity contribution in [2.75, 3.05) is 26.2 Å². The summed E-state index contributed by atoms with van der Waals surface area (Å²) in [6, 6.07) is 6.13. The molecule has 1 aromatic heterocycles. The van der Waals surface area contributed by atoms with Crippen LogP contribution in [0.25, 0.3) is 0 Å². The molecule has 1 saturated heterocycles. The Bertz CT molecular complexity index is 708. The summed E-state index contributed by atoms with van der Waals surface area (Å²) in [5.74, 6) is 1.13. The maximum absolute atomic E-state index is 12.9. The molecule has 1 amide bonds. The van der Waals surface area contributed by atoms with Crippen LogP contribution in [0.5, 0.6) is 0 Å². The first-order valence-electron chi connectivity index (χ1n) is 8.65. The zero-order valence-electron chi connectivity index (χ0n) is 14.6. The maximum Gasteiger partial charge on any atom is 0.243 e. The Kier molecular flexibility index (Phi) is 5.43. The van der Waals surface area contributed by atoms with Crippen LogP contribution in [0, 0.1) is 5.82 Å². The minimum absolute atomic E-state index is 0.0437. The van der Waals surface area contributed by atoms with E-state index in [1.54, 1.807) is 12.1 Å². The zero-order valence-corrected chi connectivity index (χ0v) is 14.6. The molecule has 134 valence electrons. The van der Waals surface area contributed by atoms with Crippen LogP contribution in [-0.2, 0) is 17.6 Å². The first kappa shape index (κ1) is 17.5. The number of nitrogens with zero attached hydrogens (tertiary/aromatic N) is 4. The highest BCUT2D eigenvalue weighted by Crippen LogP contribution is 2.20. The molecule has 0 spiro atoms. The van der Waals surface area contributed by atoms with E-state index in [1.807, 2.05) is 18.7 Å². The third kappa shape index (κ3) is 4.22. The van der Waals surface area contributed by atoms with Gasteiger partial charge in [-0.3, -0.25) is 9.69 Å². The lowest BCUT2D eigenvalue weighted by Gasteiger charge is -2.36. The molecule has 7 heteroatoms. The van der Waals surface area contributed by atoms with Gasteiger partial charge < -0.3 is 9.42 Å². The molecule has 1 unspecified atom stereocenters. The number of halogens is 1. The summed E-state index contributed by atoms with van der Waals surface area (Å²) in [6.45, 7) is 6.90. The molecule has 0 radical (unpaired) electrons. The van der Waals surface area contributed by atoms with Crippen LogP contribution in [0.1, 0.15) is 37.2 Å². The van der Waals surface area contributed by atoms with E-state index in [4.69, 9.17) is 4.52 Å². The Morgan fingerprint density at radius 2 is 1.92 bits per heavy atom. The summed E-state index contributed by atoms with van der Waals surface area (Å²) in [4.78, 5) is 20.9. The summed E-state index contributed by atoms with van der Waals surface area (Å²) in [5.41, 5.74) is 0.833. The summed E-state index contributed by atoms with van der Waals surface area (Å²) >= 11 is 0. The number of hydrogen-bond donors (Lipinski definition) is 0. The van der Waals surface area contributed by atoms with E-state index in [9.17, 15) is 9.18 Å². The Morgan fingerprint density at radius 1 is 1.24 bits per heavy atom. The average molecular weight is 346 g/mol. The predicted molar refractivity (Wildman–Crippen MR) is 90.3 cm³/mol. The van der Waals surface area contributed by atoms with Gasteiger partial charge in [-0.05, 0) is 24.6 Å². The lowest BCUT2D eigenvalue weighted by atomic mass is 10.1. The monoisotopic (exact) mass is 346 g/mol. The molecule has 1 aromatic carbocycles. The maximum atomic E-state index is 12.9. The lowest BCUT2D eigenvalue weighted by Crippen LogP contribution is -2.49. The van der Waals surface area contributed by atoms with Crippen LogP contribution < -0.4 is 0 Å². The minimum atomic E-state index is -0.286. The Balaban J connectivity index is 1.52. The SMILES string of the molecule is CCc1noc(C(C)N2CCN(C(=O)Cc3ccc(F)cc3)CC2)n1. The molecule has 3 rings (SSSR count). The van der Waals surface area contributed by atoms with Crippen molar-refractivity contribution in [3.8, 4) is 0 Å². The molecule has 0 saturated carbocycles. The topological polar surface area (TPSA) is 62.5 Å². The predicted octanol–water partition coefficient (Wildman–Crippen LogP) is 2.22. The number of carbonyl (C=O) groups excluding carboxylic acids is 1. The van der Waals surface area contributed by atoms with E-state index in [2.05, 4.69) is 15.0 Å². The van der Waals surface area contributed by atoms with Gasteiger partial charge in [0, 0.05) is 32.6 Å². The first-order valence-corrected chi connectivity index (χ1v) is 8.65. The van der Waals surface area contributed by atoms with Gasteiger partial charge in [0.15, 0.2) is 5.82 Å². The highest BCUT2D eigenvalue weighted by atomic mass is 19.1. The van der Waals surface area contributed by atoms with Gasteiger partial charge in [-0.15, -0.1) is 0 Å². The van der Waals surface area contributed by atoms with E-state index in [0.29, 0.717) is 25.4 Å². The van der Waals surface area contributed by atoms with Crippen molar-refractivity contribution in [1.29, 1.82) is 0 Å². The van der Waals surface area contributed by atoms with Crippen LogP contribution in [0.4, 0.5) is 4.39 Å². The van der Waals surface area contributed by atoms with Crippen LogP contribution in [0.2, 0.25) is 0 Å². The first-order chi connectivity index (χ1) is 12.1. The van der Waals surface area contributed by atoms with Crippen LogP contribution >= 0.6 is 0 Å². The number of amides is 1. The van der Waals surface area contributed by atoms with Crippen molar-refractivity contribution < 1.29 is 13.7 Å². The smallest absolute Gasteiger partial charge is 0.243 e. The largest absolute Gasteiger partial charge is 0.340 e. The van der Waals surface area contributed by atoms with Crippen molar-refractivity contribution in [3.05, 3.63) is 47.4 Å². The molecule has 6 nitrogen and oxygen atoms in total. The molecular weight excluding hydrogens is 323 g/mol. The van der Waals surface area contributed by atoms with Crippen molar-refractivity contribution in [2.45, 2.75) is 32.7 Å². The number of aromatic nitrogens is 2. The second-order valence-corrected chi connectivity index (χ2v) is 6.30. The van der Waals surface area contributed by atoms with Gasteiger partial charge in [0.1, 0.15) is 5.82 Å². The Hall–Kier alpha value is -2.28. The van der Waals surface area contributed by atoms with E-state index in [0.717, 1.165) is 30.9 Å². The molecule has 1 fully saturated rings. The molecular formula is C18H23FN4O2. The average Bonchev–Trinajstić information content (AvgIpc) is 3.12. The molecule has 0 bridgehead atoms. The molecule has 1 aliphatic heterocycles. The van der Waals surface area contributed by atoms with Gasteiger partial charge in [0.05, 0.1) is 12.5 Å². The fraction of sp³-hybridized carbons (Fsp3) is 0.500.